The van der Waals surface area contributed by atoms with Crippen LogP contribution in [0.5, 0.6) is 0 Å². The highest BCUT2D eigenvalue weighted by atomic mass is 15.6. The monoisotopic (exact) mass is 187 g/mol. The van der Waals surface area contributed by atoms with Gasteiger partial charge in [0.25, 0.3) is 0 Å². The van der Waals surface area contributed by atoms with Gasteiger partial charge in [0.2, 0.25) is 0 Å². The van der Waals surface area contributed by atoms with Gasteiger partial charge in [-0.15, -0.1) is 0 Å². The van der Waals surface area contributed by atoms with Gasteiger partial charge in [-0.1, -0.05) is 13.8 Å². The van der Waals surface area contributed by atoms with E-state index in [1.165, 1.54) is 5.01 Å². The third-order valence-corrected chi connectivity index (χ3v) is 3.27. The van der Waals surface area contributed by atoms with Crippen molar-refractivity contribution in [3.8, 4) is 0 Å². The molecule has 0 spiro atoms. The van der Waals surface area contributed by atoms with E-state index in [9.17, 15) is 0 Å². The molecule has 78 valence electrons. The van der Waals surface area contributed by atoms with Gasteiger partial charge in [-0.05, 0) is 12.8 Å². The van der Waals surface area contributed by atoms with Gasteiger partial charge < -0.3 is 5.32 Å². The van der Waals surface area contributed by atoms with Crippen LogP contribution in [0.15, 0.2) is 0 Å². The van der Waals surface area contributed by atoms with Gasteiger partial charge in [-0.25, -0.2) is 5.01 Å². The molecule has 0 aliphatic carbocycles. The first-order valence-corrected chi connectivity index (χ1v) is 4.85. The predicted molar refractivity (Wildman–Crippen MR) is 53.3 cm³/mol. The van der Waals surface area contributed by atoms with Gasteiger partial charge in [-0.2, -0.15) is 0 Å². The van der Waals surface area contributed by atoms with Gasteiger partial charge in [0.15, 0.2) is 5.79 Å². The van der Waals surface area contributed by atoms with Crippen molar-refractivity contribution in [1.82, 2.24) is 10.3 Å². The Morgan fingerprint density at radius 1 is 1.31 bits per heavy atom. The molecule has 1 aliphatic rings. The highest BCUT2D eigenvalue weighted by Crippen LogP contribution is 2.27. The Bertz CT molecular complexity index is 175. The van der Waals surface area contributed by atoms with E-state index in [2.05, 4.69) is 19.2 Å². The third-order valence-electron chi connectivity index (χ3n) is 3.27. The summed E-state index contributed by atoms with van der Waals surface area (Å²) in [5, 5.41) is 4.92. The number of nitrogens with zero attached hydrogens (tertiary/aromatic N) is 1. The fourth-order valence-electron chi connectivity index (χ4n) is 2.08. The Labute approximate surface area is 79.6 Å². The van der Waals surface area contributed by atoms with Gasteiger partial charge in [0.05, 0.1) is 5.54 Å². The molecule has 13 heavy (non-hydrogen) atoms. The highest BCUT2D eigenvalue weighted by Gasteiger charge is 2.49. The summed E-state index contributed by atoms with van der Waals surface area (Å²) in [6.45, 7) is 5.68. The average Bonchev–Trinajstić information content (AvgIpc) is 2.10. The maximum Gasteiger partial charge on any atom is 0.152 e. The van der Waals surface area contributed by atoms with Gasteiger partial charge in [0.1, 0.15) is 0 Å². The molecule has 0 aromatic rings. The Balaban J connectivity index is 2.93. The lowest BCUT2D eigenvalue weighted by molar-refractivity contribution is -0.0358. The van der Waals surface area contributed by atoms with Crippen molar-refractivity contribution in [3.05, 3.63) is 0 Å². The molecule has 5 nitrogen and oxygen atoms in total. The maximum atomic E-state index is 6.04. The summed E-state index contributed by atoms with van der Waals surface area (Å²) in [6, 6.07) is 0. The molecule has 1 heterocycles. The number of hydrazine groups is 1. The lowest BCUT2D eigenvalue weighted by Gasteiger charge is -2.53. The molecule has 0 radical (unpaired) electrons. The minimum absolute atomic E-state index is 0.264. The van der Waals surface area contributed by atoms with Crippen LogP contribution in [0.4, 0.5) is 0 Å². The van der Waals surface area contributed by atoms with Crippen LogP contribution < -0.4 is 22.6 Å². The van der Waals surface area contributed by atoms with Crippen LogP contribution in [-0.2, 0) is 0 Å². The minimum atomic E-state index is -0.950. The molecule has 0 bridgehead atoms. The molecule has 0 amide bonds. The Morgan fingerprint density at radius 2 is 1.85 bits per heavy atom. The molecular formula is C8H21N5. The molecule has 1 rings (SSSR count). The highest BCUT2D eigenvalue weighted by molar-refractivity contribution is 5.05. The van der Waals surface area contributed by atoms with E-state index in [1.54, 1.807) is 0 Å². The molecule has 1 saturated heterocycles. The molecule has 7 N–H and O–H groups in total. The number of hydrogen-bond acceptors (Lipinski definition) is 5. The van der Waals surface area contributed by atoms with Crippen LogP contribution in [0, 0.1) is 0 Å². The van der Waals surface area contributed by atoms with E-state index in [-0.39, 0.29) is 5.54 Å². The first kappa shape index (κ1) is 10.9. The summed E-state index contributed by atoms with van der Waals surface area (Å²) in [5.74, 6) is 4.83. The first-order valence-electron chi connectivity index (χ1n) is 4.85. The van der Waals surface area contributed by atoms with Crippen LogP contribution in [0.1, 0.15) is 26.7 Å². The van der Waals surface area contributed by atoms with E-state index >= 15 is 0 Å². The summed E-state index contributed by atoms with van der Waals surface area (Å²) in [5.41, 5.74) is 11.8. The first-order chi connectivity index (χ1) is 6.00. The second kappa shape index (κ2) is 3.51. The van der Waals surface area contributed by atoms with Gasteiger partial charge >= 0.3 is 0 Å². The summed E-state index contributed by atoms with van der Waals surface area (Å²) < 4.78 is 0. The normalized spacial score (nSPS) is 27.5. The number of hydrogen-bond donors (Lipinski definition) is 4. The lowest BCUT2D eigenvalue weighted by atomic mass is 9.83. The molecule has 0 unspecified atom stereocenters. The van der Waals surface area contributed by atoms with Crippen LogP contribution in [0.2, 0.25) is 0 Å². The van der Waals surface area contributed by atoms with Crippen LogP contribution in [0.3, 0.4) is 0 Å². The standard InChI is InChI=1S/C8H21N5/c1-3-7(4-2)8(9,10)13(11)6-5-12-7/h12H,3-6,9-11H2,1-2H3. The van der Waals surface area contributed by atoms with Crippen LogP contribution in [0.25, 0.3) is 0 Å². The Morgan fingerprint density at radius 3 is 2.23 bits per heavy atom. The molecule has 1 aliphatic heterocycles. The SMILES string of the molecule is CCC1(CC)NCCN(N)C1(N)N. The Kier molecular flexibility index (Phi) is 2.94. The summed E-state index contributed by atoms with van der Waals surface area (Å²) in [6.07, 6.45) is 1.76. The van der Waals surface area contributed by atoms with E-state index < -0.39 is 5.79 Å². The number of piperazine rings is 1. The Hall–Kier alpha value is -0.200. The fourth-order valence-corrected chi connectivity index (χ4v) is 2.08. The summed E-state index contributed by atoms with van der Waals surface area (Å²) in [7, 11) is 0. The van der Waals surface area contributed by atoms with E-state index in [4.69, 9.17) is 17.3 Å². The van der Waals surface area contributed by atoms with Gasteiger partial charge in [0, 0.05) is 13.1 Å². The molecule has 0 aromatic carbocycles. The number of nitrogens with one attached hydrogen (secondary N) is 1. The second-order valence-electron chi connectivity index (χ2n) is 3.73. The van der Waals surface area contributed by atoms with Crippen molar-refractivity contribution in [2.24, 2.45) is 17.3 Å². The topological polar surface area (TPSA) is 93.3 Å². The second-order valence-corrected chi connectivity index (χ2v) is 3.73. The molecule has 1 fully saturated rings. The van der Waals surface area contributed by atoms with Crippen LogP contribution >= 0.6 is 0 Å². The summed E-state index contributed by atoms with van der Waals surface area (Å²) in [4.78, 5) is 0. The van der Waals surface area contributed by atoms with E-state index in [1.807, 2.05) is 0 Å². The van der Waals surface area contributed by atoms with Gasteiger partial charge in [-0.3, -0.25) is 17.3 Å². The number of rotatable bonds is 2. The minimum Gasteiger partial charge on any atom is -0.306 e. The smallest absolute Gasteiger partial charge is 0.152 e. The lowest BCUT2D eigenvalue weighted by Crippen LogP contribution is -2.84. The van der Waals surface area contributed by atoms with E-state index in [0.717, 1.165) is 19.4 Å². The average molecular weight is 187 g/mol. The van der Waals surface area contributed by atoms with Crippen molar-refractivity contribution in [3.63, 3.8) is 0 Å². The zero-order chi connectivity index (χ0) is 10.1. The molecular weight excluding hydrogens is 166 g/mol. The fraction of sp³-hybridized carbons (Fsp3) is 1.00. The van der Waals surface area contributed by atoms with Crippen molar-refractivity contribution < 1.29 is 0 Å². The quantitative estimate of drug-likeness (QED) is 0.325. The van der Waals surface area contributed by atoms with Crippen molar-refractivity contribution >= 4 is 0 Å². The molecule has 0 saturated carbocycles. The molecule has 5 heteroatoms. The van der Waals surface area contributed by atoms with Crippen molar-refractivity contribution in [2.45, 2.75) is 38.0 Å². The van der Waals surface area contributed by atoms with Crippen molar-refractivity contribution in [2.75, 3.05) is 13.1 Å². The van der Waals surface area contributed by atoms with Crippen molar-refractivity contribution in [1.29, 1.82) is 0 Å². The molecule has 0 atom stereocenters. The largest absolute Gasteiger partial charge is 0.306 e. The van der Waals surface area contributed by atoms with E-state index in [0.29, 0.717) is 6.54 Å². The third kappa shape index (κ3) is 1.47. The van der Waals surface area contributed by atoms with Crippen LogP contribution in [-0.4, -0.2) is 29.4 Å². The zero-order valence-electron chi connectivity index (χ0n) is 8.51. The number of nitrogens with two attached hydrogens (primary N) is 3. The summed E-state index contributed by atoms with van der Waals surface area (Å²) >= 11 is 0. The zero-order valence-corrected chi connectivity index (χ0v) is 8.51. The predicted octanol–water partition coefficient (Wildman–Crippen LogP) is -1.10. The maximum absolute atomic E-state index is 6.04. The molecule has 0 aromatic heterocycles.